The molecule has 0 N–H and O–H groups in total. The molecule has 114 valence electrons. The summed E-state index contributed by atoms with van der Waals surface area (Å²) < 4.78 is 0. The lowest BCUT2D eigenvalue weighted by molar-refractivity contribution is 0.104. The zero-order valence-electron chi connectivity index (χ0n) is 12.5. The number of carbonyl (C=O) groups excluding carboxylic acids is 1. The van der Waals surface area contributed by atoms with Gasteiger partial charge in [-0.3, -0.25) is 4.79 Å². The molecule has 4 heteroatoms. The molecule has 22 heavy (non-hydrogen) atoms. The molecule has 0 fully saturated rings. The third-order valence-electron chi connectivity index (χ3n) is 3.15. The average Bonchev–Trinajstić information content (AvgIpc) is 2.46. The van der Waals surface area contributed by atoms with Crippen LogP contribution in [0.1, 0.15) is 21.5 Å². The molecule has 2 nitrogen and oxygen atoms in total. The Morgan fingerprint density at radius 3 is 2.55 bits per heavy atom. The lowest BCUT2D eigenvalue weighted by Gasteiger charge is -2.12. The van der Waals surface area contributed by atoms with Gasteiger partial charge in [0.1, 0.15) is 0 Å². The van der Waals surface area contributed by atoms with Crippen LogP contribution in [0.4, 0.5) is 0 Å². The Bertz CT molecular complexity index is 708. The van der Waals surface area contributed by atoms with Gasteiger partial charge in [-0.15, -0.1) is 0 Å². The largest absolute Gasteiger partial charge is 0.305 e. The molecule has 0 saturated carbocycles. The van der Waals surface area contributed by atoms with Gasteiger partial charge >= 0.3 is 0 Å². The van der Waals surface area contributed by atoms with Gasteiger partial charge in [0.25, 0.3) is 0 Å². The van der Waals surface area contributed by atoms with Gasteiger partial charge in [-0.2, -0.15) is 0 Å². The van der Waals surface area contributed by atoms with E-state index in [-0.39, 0.29) is 5.78 Å². The highest BCUT2D eigenvalue weighted by Gasteiger charge is 2.09. The van der Waals surface area contributed by atoms with Crippen LogP contribution in [0.2, 0.25) is 10.0 Å². The first-order valence-electron chi connectivity index (χ1n) is 6.87. The van der Waals surface area contributed by atoms with Crippen molar-refractivity contribution in [1.29, 1.82) is 0 Å². The van der Waals surface area contributed by atoms with E-state index in [1.165, 1.54) is 0 Å². The number of halogens is 2. The highest BCUT2D eigenvalue weighted by atomic mass is 35.5. The maximum Gasteiger partial charge on any atom is 0.186 e. The fraction of sp³-hybridized carbons (Fsp3) is 0.167. The fourth-order valence-electron chi connectivity index (χ4n) is 2.13. The number of rotatable bonds is 5. The summed E-state index contributed by atoms with van der Waals surface area (Å²) in [5.74, 6) is -0.0385. The molecule has 0 atom stereocenters. The Hall–Kier alpha value is -1.61. The van der Waals surface area contributed by atoms with Crippen molar-refractivity contribution in [2.45, 2.75) is 6.54 Å². The number of allylic oxidation sites excluding steroid dienone is 1. The minimum Gasteiger partial charge on any atom is -0.305 e. The quantitative estimate of drug-likeness (QED) is 0.569. The molecule has 0 bridgehead atoms. The average molecular weight is 334 g/mol. The van der Waals surface area contributed by atoms with Crippen LogP contribution in [0.15, 0.2) is 48.5 Å². The summed E-state index contributed by atoms with van der Waals surface area (Å²) in [7, 11) is 3.95. The molecule has 0 saturated heterocycles. The van der Waals surface area contributed by atoms with E-state index in [2.05, 4.69) is 0 Å². The number of benzene rings is 2. The smallest absolute Gasteiger partial charge is 0.186 e. The van der Waals surface area contributed by atoms with Crippen molar-refractivity contribution in [3.05, 3.63) is 75.3 Å². The summed E-state index contributed by atoms with van der Waals surface area (Å²) in [6, 6.07) is 12.8. The Labute approximate surface area is 141 Å². The molecule has 0 aromatic heterocycles. The minimum atomic E-state index is -0.0385. The van der Waals surface area contributed by atoms with Crippen molar-refractivity contribution in [3.8, 4) is 0 Å². The Kier molecular flexibility index (Phi) is 5.78. The summed E-state index contributed by atoms with van der Waals surface area (Å²) in [5, 5.41) is 1.10. The molecule has 0 heterocycles. The zero-order chi connectivity index (χ0) is 16.1. The first-order chi connectivity index (χ1) is 10.5. The second-order valence-corrected chi connectivity index (χ2v) is 6.10. The van der Waals surface area contributed by atoms with E-state index in [9.17, 15) is 4.79 Å². The normalized spacial score (nSPS) is 11.3. The predicted molar refractivity (Wildman–Crippen MR) is 93.7 cm³/mol. The van der Waals surface area contributed by atoms with Crippen LogP contribution in [0.5, 0.6) is 0 Å². The number of hydrogen-bond donors (Lipinski definition) is 0. The number of carbonyl (C=O) groups is 1. The number of hydrogen-bond acceptors (Lipinski definition) is 2. The van der Waals surface area contributed by atoms with E-state index in [1.54, 1.807) is 30.4 Å². The van der Waals surface area contributed by atoms with Gasteiger partial charge in [0, 0.05) is 22.2 Å². The van der Waals surface area contributed by atoms with Gasteiger partial charge in [-0.25, -0.2) is 0 Å². The monoisotopic (exact) mass is 333 g/mol. The van der Waals surface area contributed by atoms with Crippen molar-refractivity contribution in [3.63, 3.8) is 0 Å². The Morgan fingerprint density at radius 1 is 1.14 bits per heavy atom. The van der Waals surface area contributed by atoms with Crippen LogP contribution in [-0.2, 0) is 6.54 Å². The lowest BCUT2D eigenvalue weighted by Crippen LogP contribution is -2.13. The standard InChI is InChI=1S/C18H17Cl2NO/c1-21(2)12-14-5-3-4-6-16(14)18(22)10-8-13-7-9-15(19)11-17(13)20/h3-11H,12H2,1-2H3/b10-8+. The molecule has 0 spiro atoms. The van der Waals surface area contributed by atoms with E-state index in [1.807, 2.05) is 43.3 Å². The van der Waals surface area contributed by atoms with Crippen molar-refractivity contribution < 1.29 is 4.79 Å². The Morgan fingerprint density at radius 2 is 1.86 bits per heavy atom. The van der Waals surface area contributed by atoms with Gasteiger partial charge in [0.05, 0.1) is 0 Å². The van der Waals surface area contributed by atoms with Crippen molar-refractivity contribution in [1.82, 2.24) is 4.90 Å². The van der Waals surface area contributed by atoms with Gasteiger partial charge in [-0.05, 0) is 49.5 Å². The summed E-state index contributed by atoms with van der Waals surface area (Å²) in [6.07, 6.45) is 3.26. The first kappa shape index (κ1) is 16.8. The molecule has 0 radical (unpaired) electrons. The second kappa shape index (κ2) is 7.59. The molecule has 2 aromatic carbocycles. The topological polar surface area (TPSA) is 20.3 Å². The highest BCUT2D eigenvalue weighted by Crippen LogP contribution is 2.22. The fourth-order valence-corrected chi connectivity index (χ4v) is 2.60. The third kappa shape index (κ3) is 4.44. The molecule has 0 aliphatic carbocycles. The van der Waals surface area contributed by atoms with Crippen molar-refractivity contribution in [2.75, 3.05) is 14.1 Å². The molecule has 0 amide bonds. The van der Waals surface area contributed by atoms with E-state index in [0.29, 0.717) is 15.6 Å². The summed E-state index contributed by atoms with van der Waals surface area (Å²) in [5.41, 5.74) is 2.48. The Balaban J connectivity index is 2.24. The maximum atomic E-state index is 12.4. The zero-order valence-corrected chi connectivity index (χ0v) is 14.0. The van der Waals surface area contributed by atoms with Gasteiger partial charge in [0.2, 0.25) is 0 Å². The number of nitrogens with zero attached hydrogens (tertiary/aromatic N) is 1. The van der Waals surface area contributed by atoms with Gasteiger partial charge < -0.3 is 4.90 Å². The molecular formula is C18H17Cl2NO. The minimum absolute atomic E-state index is 0.0385. The van der Waals surface area contributed by atoms with Crippen molar-refractivity contribution in [2.24, 2.45) is 0 Å². The van der Waals surface area contributed by atoms with Gasteiger partial charge in [-0.1, -0.05) is 53.5 Å². The second-order valence-electron chi connectivity index (χ2n) is 5.26. The molecular weight excluding hydrogens is 317 g/mol. The van der Waals surface area contributed by atoms with E-state index in [4.69, 9.17) is 23.2 Å². The summed E-state index contributed by atoms with van der Waals surface area (Å²) in [6.45, 7) is 0.720. The molecule has 2 aromatic rings. The summed E-state index contributed by atoms with van der Waals surface area (Å²) in [4.78, 5) is 14.5. The van der Waals surface area contributed by atoms with Crippen molar-refractivity contribution >= 4 is 35.1 Å². The summed E-state index contributed by atoms with van der Waals surface area (Å²) >= 11 is 12.0. The molecule has 0 aliphatic rings. The third-order valence-corrected chi connectivity index (χ3v) is 3.71. The van der Waals surface area contributed by atoms with Crippen LogP contribution in [-0.4, -0.2) is 24.8 Å². The highest BCUT2D eigenvalue weighted by molar-refractivity contribution is 6.35. The molecule has 0 unspecified atom stereocenters. The van der Waals surface area contributed by atoms with Crippen LogP contribution in [0.3, 0.4) is 0 Å². The van der Waals surface area contributed by atoms with Crippen LogP contribution < -0.4 is 0 Å². The van der Waals surface area contributed by atoms with E-state index >= 15 is 0 Å². The van der Waals surface area contributed by atoms with Crippen LogP contribution in [0, 0.1) is 0 Å². The molecule has 0 aliphatic heterocycles. The maximum absolute atomic E-state index is 12.4. The SMILES string of the molecule is CN(C)Cc1ccccc1C(=O)/C=C/c1ccc(Cl)cc1Cl. The van der Waals surface area contributed by atoms with Crippen LogP contribution in [0.25, 0.3) is 6.08 Å². The van der Waals surface area contributed by atoms with Crippen LogP contribution >= 0.6 is 23.2 Å². The van der Waals surface area contributed by atoms with Gasteiger partial charge in [0.15, 0.2) is 5.78 Å². The molecule has 2 rings (SSSR count). The first-order valence-corrected chi connectivity index (χ1v) is 7.63. The lowest BCUT2D eigenvalue weighted by atomic mass is 10.0. The predicted octanol–water partition coefficient (Wildman–Crippen LogP) is 4.95. The number of ketones is 1. The van der Waals surface area contributed by atoms with E-state index in [0.717, 1.165) is 17.7 Å². The van der Waals surface area contributed by atoms with E-state index < -0.39 is 0 Å².